The van der Waals surface area contributed by atoms with Gasteiger partial charge in [0.15, 0.2) is 0 Å². The lowest BCUT2D eigenvalue weighted by Gasteiger charge is -2.13. The minimum absolute atomic E-state index is 1.09. The van der Waals surface area contributed by atoms with Crippen LogP contribution in [0.2, 0.25) is 0 Å². The zero-order valence-corrected chi connectivity index (χ0v) is 16.6. The maximum absolute atomic E-state index is 3.40. The van der Waals surface area contributed by atoms with E-state index in [1.165, 1.54) is 54.4 Å². The second kappa shape index (κ2) is 10.1. The van der Waals surface area contributed by atoms with Crippen LogP contribution in [0.25, 0.3) is 10.9 Å². The van der Waals surface area contributed by atoms with Gasteiger partial charge in [0, 0.05) is 42.5 Å². The molecule has 0 atom stereocenters. The fraction of sp³-hybridized carbons (Fsp3) is 0.600. The minimum Gasteiger partial charge on any atom is -0.361 e. The second-order valence-electron chi connectivity index (χ2n) is 6.86. The van der Waals surface area contributed by atoms with Gasteiger partial charge in [-0.1, -0.05) is 38.3 Å². The Labute approximate surface area is 151 Å². The van der Waals surface area contributed by atoms with E-state index in [0.29, 0.717) is 0 Å². The van der Waals surface area contributed by atoms with Gasteiger partial charge in [-0.05, 0) is 56.6 Å². The molecule has 2 heterocycles. The van der Waals surface area contributed by atoms with Gasteiger partial charge in [-0.15, -0.1) is 0 Å². The van der Waals surface area contributed by atoms with E-state index in [4.69, 9.17) is 0 Å². The largest absolute Gasteiger partial charge is 0.361 e. The van der Waals surface area contributed by atoms with E-state index in [9.17, 15) is 0 Å². The molecule has 1 aromatic carbocycles. The van der Waals surface area contributed by atoms with Crippen LogP contribution in [0.4, 0.5) is 0 Å². The number of fused-ring (bicyclic) bond motifs is 1. The van der Waals surface area contributed by atoms with E-state index >= 15 is 0 Å². The van der Waals surface area contributed by atoms with Gasteiger partial charge in [-0.25, -0.2) is 0 Å². The van der Waals surface area contributed by atoms with Crippen molar-refractivity contribution in [1.82, 2.24) is 14.2 Å². The van der Waals surface area contributed by atoms with Crippen molar-refractivity contribution < 1.29 is 0 Å². The Balaban J connectivity index is 0.000000647. The van der Waals surface area contributed by atoms with Crippen molar-refractivity contribution in [3.05, 3.63) is 35.5 Å². The summed E-state index contributed by atoms with van der Waals surface area (Å²) in [5.74, 6) is 1.09. The maximum atomic E-state index is 3.40. The standard InChI is InChI=1S/C17H25N3S.C3H8/c1-19(2)10-7-15-12-18-17-6-5-14(11-16(15)17)13-21-20-8-3-4-9-20;1-3-2/h5-6,11-12,18H,3-4,7-10,13H2,1-2H3;3H2,1-2H3. The smallest absolute Gasteiger partial charge is 0.0457 e. The maximum Gasteiger partial charge on any atom is 0.0457 e. The molecule has 0 radical (unpaired) electrons. The van der Waals surface area contributed by atoms with E-state index in [-0.39, 0.29) is 0 Å². The predicted molar refractivity (Wildman–Crippen MR) is 109 cm³/mol. The van der Waals surface area contributed by atoms with Crippen molar-refractivity contribution in [3.8, 4) is 0 Å². The summed E-state index contributed by atoms with van der Waals surface area (Å²) in [5, 5.41) is 1.40. The van der Waals surface area contributed by atoms with E-state index in [1.807, 2.05) is 11.9 Å². The van der Waals surface area contributed by atoms with E-state index in [2.05, 4.69) is 66.5 Å². The Hall–Kier alpha value is -0.970. The third-order valence-electron chi connectivity index (χ3n) is 4.14. The number of benzene rings is 1. The second-order valence-corrected chi connectivity index (χ2v) is 7.93. The van der Waals surface area contributed by atoms with Crippen LogP contribution in [0.3, 0.4) is 0 Å². The van der Waals surface area contributed by atoms with Gasteiger partial charge < -0.3 is 9.88 Å². The van der Waals surface area contributed by atoms with Gasteiger partial charge in [0.05, 0.1) is 0 Å². The number of aromatic amines is 1. The molecular formula is C20H33N3S. The highest BCUT2D eigenvalue weighted by molar-refractivity contribution is 7.96. The number of likely N-dealkylation sites (N-methyl/N-ethyl adjacent to an activating group) is 1. The van der Waals surface area contributed by atoms with E-state index in [1.54, 1.807) is 0 Å². The number of aromatic nitrogens is 1. The summed E-state index contributed by atoms with van der Waals surface area (Å²) in [6.07, 6.45) is 7.25. The van der Waals surface area contributed by atoms with E-state index in [0.717, 1.165) is 18.7 Å². The Morgan fingerprint density at radius 1 is 1.17 bits per heavy atom. The predicted octanol–water partition coefficient (Wildman–Crippen LogP) is 4.93. The van der Waals surface area contributed by atoms with Crippen LogP contribution in [0, 0.1) is 0 Å². The first-order chi connectivity index (χ1) is 11.6. The SMILES string of the molecule is CCC.CN(C)CCc1c[nH]c2ccc(CSN3CCCC3)cc12. The molecule has 134 valence electrons. The molecule has 3 rings (SSSR count). The van der Waals surface area contributed by atoms with Gasteiger partial charge in [0.1, 0.15) is 0 Å². The number of hydrogen-bond acceptors (Lipinski definition) is 3. The molecule has 1 N–H and O–H groups in total. The lowest BCUT2D eigenvalue weighted by atomic mass is 10.1. The average molecular weight is 348 g/mol. The number of hydrogen-bond donors (Lipinski definition) is 1. The average Bonchev–Trinajstić information content (AvgIpc) is 3.21. The zero-order valence-electron chi connectivity index (χ0n) is 15.8. The van der Waals surface area contributed by atoms with Crippen molar-refractivity contribution in [2.75, 3.05) is 33.7 Å². The number of rotatable bonds is 6. The molecule has 0 unspecified atom stereocenters. The third-order valence-corrected chi connectivity index (χ3v) is 5.33. The fourth-order valence-electron chi connectivity index (χ4n) is 2.85. The molecule has 1 aliphatic rings. The normalized spacial score (nSPS) is 15.0. The lowest BCUT2D eigenvalue weighted by molar-refractivity contribution is 0.414. The molecule has 1 aromatic heterocycles. The highest BCUT2D eigenvalue weighted by Crippen LogP contribution is 2.26. The molecule has 0 saturated carbocycles. The van der Waals surface area contributed by atoms with E-state index < -0.39 is 0 Å². The van der Waals surface area contributed by atoms with Crippen LogP contribution in [0.5, 0.6) is 0 Å². The molecule has 1 saturated heterocycles. The molecule has 24 heavy (non-hydrogen) atoms. The van der Waals surface area contributed by atoms with Gasteiger partial charge >= 0.3 is 0 Å². The Morgan fingerprint density at radius 3 is 2.54 bits per heavy atom. The van der Waals surface area contributed by atoms with Crippen LogP contribution >= 0.6 is 11.9 Å². The van der Waals surface area contributed by atoms with Crippen molar-refractivity contribution >= 4 is 22.9 Å². The number of nitrogens with one attached hydrogen (secondary N) is 1. The summed E-state index contributed by atoms with van der Waals surface area (Å²) in [6, 6.07) is 6.87. The quantitative estimate of drug-likeness (QED) is 0.749. The molecule has 1 aliphatic heterocycles. The molecular weight excluding hydrogens is 314 g/mol. The summed E-state index contributed by atoms with van der Waals surface area (Å²) in [4.78, 5) is 5.64. The first-order valence-corrected chi connectivity index (χ1v) is 10.2. The fourth-order valence-corrected chi connectivity index (χ4v) is 3.88. The monoisotopic (exact) mass is 347 g/mol. The van der Waals surface area contributed by atoms with Gasteiger partial charge in [-0.2, -0.15) is 0 Å². The summed E-state index contributed by atoms with van der Waals surface area (Å²) < 4.78 is 2.51. The molecule has 3 nitrogen and oxygen atoms in total. The van der Waals surface area contributed by atoms with Crippen LogP contribution in [0.1, 0.15) is 44.2 Å². The van der Waals surface area contributed by atoms with Crippen molar-refractivity contribution in [2.24, 2.45) is 0 Å². The van der Waals surface area contributed by atoms with Gasteiger partial charge in [0.2, 0.25) is 0 Å². The first kappa shape index (κ1) is 19.4. The van der Waals surface area contributed by atoms with Crippen LogP contribution in [-0.4, -0.2) is 47.9 Å². The Bertz CT molecular complexity index is 600. The van der Waals surface area contributed by atoms with Crippen LogP contribution in [0.15, 0.2) is 24.4 Å². The number of nitrogens with zero attached hydrogens (tertiary/aromatic N) is 2. The number of H-pyrrole nitrogens is 1. The van der Waals surface area contributed by atoms with Crippen LogP contribution < -0.4 is 0 Å². The van der Waals surface area contributed by atoms with Gasteiger partial charge in [-0.3, -0.25) is 4.31 Å². The minimum atomic E-state index is 1.09. The lowest BCUT2D eigenvalue weighted by Crippen LogP contribution is -2.14. The third kappa shape index (κ3) is 5.83. The molecule has 0 bridgehead atoms. The molecule has 0 aliphatic carbocycles. The summed E-state index contributed by atoms with van der Waals surface area (Å²) in [5.41, 5.74) is 4.13. The summed E-state index contributed by atoms with van der Waals surface area (Å²) in [6.45, 7) is 7.86. The summed E-state index contributed by atoms with van der Waals surface area (Å²) >= 11 is 1.99. The van der Waals surface area contributed by atoms with Crippen LogP contribution in [-0.2, 0) is 12.2 Å². The summed E-state index contributed by atoms with van der Waals surface area (Å²) in [7, 11) is 4.26. The van der Waals surface area contributed by atoms with Crippen molar-refractivity contribution in [2.45, 2.75) is 45.3 Å². The molecule has 2 aromatic rings. The molecule has 0 spiro atoms. The topological polar surface area (TPSA) is 22.3 Å². The highest BCUT2D eigenvalue weighted by atomic mass is 32.2. The van der Waals surface area contributed by atoms with Crippen molar-refractivity contribution in [3.63, 3.8) is 0 Å². The van der Waals surface area contributed by atoms with Crippen molar-refractivity contribution in [1.29, 1.82) is 0 Å². The molecule has 0 amide bonds. The van der Waals surface area contributed by atoms with Gasteiger partial charge in [0.25, 0.3) is 0 Å². The zero-order chi connectivity index (χ0) is 17.4. The molecule has 1 fully saturated rings. The molecule has 4 heteroatoms. The first-order valence-electron chi connectivity index (χ1n) is 9.25. The Kier molecular flexibility index (Phi) is 8.16. The Morgan fingerprint density at radius 2 is 1.88 bits per heavy atom. The highest BCUT2D eigenvalue weighted by Gasteiger charge is 2.12.